The number of alkyl halides is 3. The van der Waals surface area contributed by atoms with E-state index in [4.69, 9.17) is 0 Å². The number of hydrogen-bond donors (Lipinski definition) is 1. The molecule has 0 radical (unpaired) electrons. The summed E-state index contributed by atoms with van der Waals surface area (Å²) < 4.78 is 64.8. The maximum Gasteiger partial charge on any atom is 0.433 e. The molecular weight excluding hydrogens is 439 g/mol. The van der Waals surface area contributed by atoms with Crippen LogP contribution in [-0.2, 0) is 20.8 Å². The van der Waals surface area contributed by atoms with Crippen LogP contribution in [0, 0.1) is 0 Å². The SMILES string of the molecule is O=C(CCCS(=O)(=O)c1nc(-c2cccs2)cc(C(F)(F)F)n1)NC1CCCCC1. The standard InChI is InChI=1S/C19H22F3N3O3S2/c20-19(21,22)16-12-14(15-8-4-10-29-15)24-18(25-16)30(27,28)11-5-9-17(26)23-13-6-2-1-3-7-13/h4,8,10,12-13H,1-3,5-7,9,11H2,(H,23,26). The first-order chi connectivity index (χ1) is 14.1. The van der Waals surface area contributed by atoms with Crippen LogP contribution in [0.25, 0.3) is 10.6 Å². The molecule has 2 aromatic rings. The van der Waals surface area contributed by atoms with Gasteiger partial charge in [-0.15, -0.1) is 11.3 Å². The Balaban J connectivity index is 1.70. The molecule has 2 heterocycles. The summed E-state index contributed by atoms with van der Waals surface area (Å²) in [4.78, 5) is 19.6. The molecule has 1 amide bonds. The van der Waals surface area contributed by atoms with Gasteiger partial charge in [0.15, 0.2) is 0 Å². The van der Waals surface area contributed by atoms with Gasteiger partial charge in [-0.25, -0.2) is 18.4 Å². The quantitative estimate of drug-likeness (QED) is 0.624. The number of nitrogens with one attached hydrogen (secondary N) is 1. The highest BCUT2D eigenvalue weighted by Crippen LogP contribution is 2.32. The lowest BCUT2D eigenvalue weighted by atomic mass is 9.95. The third kappa shape index (κ3) is 6.00. The Morgan fingerprint density at radius 2 is 1.93 bits per heavy atom. The summed E-state index contributed by atoms with van der Waals surface area (Å²) in [6, 6.07) is 4.04. The minimum atomic E-state index is -4.81. The van der Waals surface area contributed by atoms with Gasteiger partial charge in [0.05, 0.1) is 16.3 Å². The summed E-state index contributed by atoms with van der Waals surface area (Å²) in [5.74, 6) is -0.752. The van der Waals surface area contributed by atoms with Gasteiger partial charge in [0.25, 0.3) is 0 Å². The molecule has 11 heteroatoms. The van der Waals surface area contributed by atoms with Crippen LogP contribution in [0.3, 0.4) is 0 Å². The van der Waals surface area contributed by atoms with Crippen LogP contribution in [0.4, 0.5) is 13.2 Å². The average molecular weight is 462 g/mol. The fourth-order valence-corrected chi connectivity index (χ4v) is 5.19. The number of rotatable bonds is 7. The highest BCUT2D eigenvalue weighted by molar-refractivity contribution is 7.91. The minimum Gasteiger partial charge on any atom is -0.353 e. The lowest BCUT2D eigenvalue weighted by Gasteiger charge is -2.22. The van der Waals surface area contributed by atoms with Crippen LogP contribution in [0.2, 0.25) is 0 Å². The van der Waals surface area contributed by atoms with Gasteiger partial charge in [-0.2, -0.15) is 13.2 Å². The summed E-state index contributed by atoms with van der Waals surface area (Å²) in [5.41, 5.74) is -1.41. The van der Waals surface area contributed by atoms with Gasteiger partial charge in [-0.3, -0.25) is 4.79 Å². The monoisotopic (exact) mass is 461 g/mol. The predicted octanol–water partition coefficient (Wildman–Crippen LogP) is 4.23. The summed E-state index contributed by atoms with van der Waals surface area (Å²) in [7, 11) is -4.18. The average Bonchev–Trinajstić information content (AvgIpc) is 3.22. The van der Waals surface area contributed by atoms with Gasteiger partial charge in [0, 0.05) is 12.5 Å². The Morgan fingerprint density at radius 1 is 1.20 bits per heavy atom. The lowest BCUT2D eigenvalue weighted by molar-refractivity contribution is -0.141. The number of halogens is 3. The lowest BCUT2D eigenvalue weighted by Crippen LogP contribution is -2.36. The molecule has 1 N–H and O–H groups in total. The van der Waals surface area contributed by atoms with Gasteiger partial charge in [-0.05, 0) is 36.8 Å². The zero-order valence-corrected chi connectivity index (χ0v) is 17.7. The minimum absolute atomic E-state index is 0.0190. The van der Waals surface area contributed by atoms with Crippen molar-refractivity contribution in [2.45, 2.75) is 62.3 Å². The number of amides is 1. The highest BCUT2D eigenvalue weighted by atomic mass is 32.2. The van der Waals surface area contributed by atoms with Gasteiger partial charge < -0.3 is 5.32 Å². The zero-order valence-electron chi connectivity index (χ0n) is 16.1. The van der Waals surface area contributed by atoms with Crippen LogP contribution < -0.4 is 5.32 Å². The largest absolute Gasteiger partial charge is 0.433 e. The molecule has 0 bridgehead atoms. The number of sulfone groups is 1. The molecule has 0 aliphatic heterocycles. The second-order valence-corrected chi connectivity index (χ2v) is 10.2. The van der Waals surface area contributed by atoms with Crippen LogP contribution in [0.15, 0.2) is 28.7 Å². The first-order valence-electron chi connectivity index (χ1n) is 9.67. The van der Waals surface area contributed by atoms with Gasteiger partial charge in [0.2, 0.25) is 20.9 Å². The smallest absolute Gasteiger partial charge is 0.353 e. The number of thiophene rings is 1. The van der Waals surface area contributed by atoms with Gasteiger partial charge in [0.1, 0.15) is 5.69 Å². The molecule has 1 aliphatic rings. The first kappa shape index (κ1) is 22.7. The molecule has 0 unspecified atom stereocenters. The maximum absolute atomic E-state index is 13.2. The third-order valence-corrected chi connectivity index (χ3v) is 7.29. The Labute approximate surface area is 176 Å². The van der Waals surface area contributed by atoms with Crippen molar-refractivity contribution in [2.75, 3.05) is 5.75 Å². The second kappa shape index (κ2) is 9.42. The van der Waals surface area contributed by atoms with Crippen LogP contribution >= 0.6 is 11.3 Å². The first-order valence-corrected chi connectivity index (χ1v) is 12.2. The van der Waals surface area contributed by atoms with E-state index in [1.54, 1.807) is 17.5 Å². The van der Waals surface area contributed by atoms with Gasteiger partial charge >= 0.3 is 6.18 Å². The molecule has 0 saturated heterocycles. The topological polar surface area (TPSA) is 89.0 Å². The van der Waals surface area contributed by atoms with E-state index < -0.39 is 32.6 Å². The fourth-order valence-electron chi connectivity index (χ4n) is 3.32. The van der Waals surface area contributed by atoms with E-state index >= 15 is 0 Å². The van der Waals surface area contributed by atoms with Crippen molar-refractivity contribution in [3.05, 3.63) is 29.3 Å². The van der Waals surface area contributed by atoms with Crippen molar-refractivity contribution < 1.29 is 26.4 Å². The van der Waals surface area contributed by atoms with Crippen LogP contribution in [0.1, 0.15) is 50.6 Å². The van der Waals surface area contributed by atoms with E-state index in [-0.39, 0.29) is 30.5 Å². The summed E-state index contributed by atoms with van der Waals surface area (Å²) in [6.07, 6.45) is 0.230. The Morgan fingerprint density at radius 3 is 2.57 bits per heavy atom. The van der Waals surface area contributed by atoms with Crippen molar-refractivity contribution in [3.8, 4) is 10.6 Å². The van der Waals surface area contributed by atoms with Crippen molar-refractivity contribution in [1.29, 1.82) is 0 Å². The number of hydrogen-bond acceptors (Lipinski definition) is 6. The molecular formula is C19H22F3N3O3S2. The number of aromatic nitrogens is 2. The van der Waals surface area contributed by atoms with E-state index in [1.807, 2.05) is 0 Å². The molecule has 3 rings (SSSR count). The van der Waals surface area contributed by atoms with Gasteiger partial charge in [-0.1, -0.05) is 25.3 Å². The fraction of sp³-hybridized carbons (Fsp3) is 0.526. The molecule has 1 aliphatic carbocycles. The number of carbonyl (C=O) groups is 1. The van der Waals surface area contributed by atoms with Crippen LogP contribution in [0.5, 0.6) is 0 Å². The highest BCUT2D eigenvalue weighted by Gasteiger charge is 2.35. The molecule has 0 spiro atoms. The normalized spacial score (nSPS) is 15.8. The van der Waals surface area contributed by atoms with Crippen molar-refractivity contribution >= 4 is 27.1 Å². The van der Waals surface area contributed by atoms with E-state index in [2.05, 4.69) is 15.3 Å². The van der Waals surface area contributed by atoms with E-state index in [0.717, 1.165) is 49.5 Å². The molecule has 1 fully saturated rings. The van der Waals surface area contributed by atoms with E-state index in [9.17, 15) is 26.4 Å². The predicted molar refractivity (Wildman–Crippen MR) is 107 cm³/mol. The molecule has 6 nitrogen and oxygen atoms in total. The van der Waals surface area contributed by atoms with Crippen LogP contribution in [-0.4, -0.2) is 36.1 Å². The van der Waals surface area contributed by atoms with E-state index in [0.29, 0.717) is 4.88 Å². The summed E-state index contributed by atoms with van der Waals surface area (Å²) >= 11 is 1.15. The molecule has 164 valence electrons. The molecule has 1 saturated carbocycles. The van der Waals surface area contributed by atoms with Crippen molar-refractivity contribution in [3.63, 3.8) is 0 Å². The van der Waals surface area contributed by atoms with Crippen molar-refractivity contribution in [1.82, 2.24) is 15.3 Å². The summed E-state index contributed by atoms with van der Waals surface area (Å²) in [5, 5.41) is 3.68. The van der Waals surface area contributed by atoms with E-state index in [1.165, 1.54) is 0 Å². The Hall–Kier alpha value is -2.01. The molecule has 0 aromatic carbocycles. The molecule has 2 aromatic heterocycles. The zero-order chi connectivity index (χ0) is 21.8. The second-order valence-electron chi connectivity index (χ2n) is 7.22. The summed E-state index contributed by atoms with van der Waals surface area (Å²) in [6.45, 7) is 0. The Kier molecular flexibility index (Phi) is 7.12. The Bertz CT molecular complexity index is 971. The van der Waals surface area contributed by atoms with Crippen molar-refractivity contribution in [2.24, 2.45) is 0 Å². The number of carbonyl (C=O) groups excluding carboxylic acids is 1. The third-order valence-electron chi connectivity index (χ3n) is 4.84. The maximum atomic E-state index is 13.2. The number of nitrogens with zero attached hydrogens (tertiary/aromatic N) is 2. The molecule has 0 atom stereocenters. The molecule has 30 heavy (non-hydrogen) atoms.